The number of amides is 1. The van der Waals surface area contributed by atoms with Gasteiger partial charge in [-0.15, -0.1) is 0 Å². The number of methoxy groups -OCH3 is 1. The van der Waals surface area contributed by atoms with Crippen LogP contribution in [0, 0.1) is 11.9 Å². The van der Waals surface area contributed by atoms with Gasteiger partial charge in [-0.2, -0.15) is 9.78 Å². The van der Waals surface area contributed by atoms with Crippen LogP contribution >= 0.6 is 0 Å². The van der Waals surface area contributed by atoms with E-state index in [0.29, 0.717) is 27.9 Å². The number of carbonyl (C=O) groups is 1. The molecule has 0 saturated heterocycles. The minimum atomic E-state index is -0.726. The molecule has 5 nitrogen and oxygen atoms in total. The highest BCUT2D eigenvalue weighted by atomic mass is 19.1. The van der Waals surface area contributed by atoms with Crippen molar-refractivity contribution < 1.29 is 13.9 Å². The highest BCUT2D eigenvalue weighted by Crippen LogP contribution is 2.30. The van der Waals surface area contributed by atoms with Crippen LogP contribution in [0.25, 0.3) is 22.2 Å². The van der Waals surface area contributed by atoms with Gasteiger partial charge in [-0.05, 0) is 18.2 Å². The zero-order valence-electron chi connectivity index (χ0n) is 11.1. The average Bonchev–Trinajstić information content (AvgIpc) is 2.86. The van der Waals surface area contributed by atoms with Gasteiger partial charge in [-0.1, -0.05) is 12.1 Å². The average molecular weight is 284 g/mol. The summed E-state index contributed by atoms with van der Waals surface area (Å²) < 4.78 is 19.5. The summed E-state index contributed by atoms with van der Waals surface area (Å²) in [5, 5.41) is 4.81. The molecule has 105 valence electrons. The molecule has 2 N–H and O–H groups in total. The van der Waals surface area contributed by atoms with Crippen LogP contribution in [0.4, 0.5) is 9.18 Å². The second-order valence-electron chi connectivity index (χ2n) is 4.41. The molecule has 0 atom stereocenters. The number of benzene rings is 2. The zero-order chi connectivity index (χ0) is 15.0. The molecule has 1 heterocycles. The number of ether oxygens (including phenoxy) is 1. The quantitative estimate of drug-likeness (QED) is 0.786. The summed E-state index contributed by atoms with van der Waals surface area (Å²) in [6.07, 6.45) is 0. The van der Waals surface area contributed by atoms with E-state index in [1.54, 1.807) is 24.3 Å². The van der Waals surface area contributed by atoms with Crippen molar-refractivity contribution in [2.75, 3.05) is 7.11 Å². The van der Waals surface area contributed by atoms with Crippen LogP contribution in [0.5, 0.6) is 5.75 Å². The summed E-state index contributed by atoms with van der Waals surface area (Å²) in [7, 11) is 1.50. The Bertz CT molecular complexity index is 842. The van der Waals surface area contributed by atoms with Crippen molar-refractivity contribution in [1.82, 2.24) is 9.78 Å². The molecule has 1 amide bonds. The van der Waals surface area contributed by atoms with E-state index >= 15 is 0 Å². The molecule has 1 radical (unpaired) electrons. The van der Waals surface area contributed by atoms with Crippen molar-refractivity contribution in [3.63, 3.8) is 0 Å². The van der Waals surface area contributed by atoms with E-state index in [2.05, 4.69) is 11.2 Å². The minimum Gasteiger partial charge on any atom is -0.496 e. The monoisotopic (exact) mass is 284 g/mol. The van der Waals surface area contributed by atoms with Crippen molar-refractivity contribution in [2.24, 2.45) is 5.73 Å². The van der Waals surface area contributed by atoms with Gasteiger partial charge in [-0.3, -0.25) is 0 Å². The number of aromatic nitrogens is 2. The fourth-order valence-electron chi connectivity index (χ4n) is 2.17. The Morgan fingerprint density at radius 1 is 1.43 bits per heavy atom. The second kappa shape index (κ2) is 4.90. The smallest absolute Gasteiger partial charge is 0.340 e. The summed E-state index contributed by atoms with van der Waals surface area (Å²) in [5.74, 6) is 0.0717. The van der Waals surface area contributed by atoms with Crippen molar-refractivity contribution in [2.45, 2.75) is 0 Å². The van der Waals surface area contributed by atoms with Crippen molar-refractivity contribution in [1.29, 1.82) is 0 Å². The van der Waals surface area contributed by atoms with Gasteiger partial charge in [0.05, 0.1) is 12.6 Å². The summed E-state index contributed by atoms with van der Waals surface area (Å²) in [5.41, 5.74) is 6.83. The van der Waals surface area contributed by atoms with Gasteiger partial charge in [0.1, 0.15) is 17.3 Å². The second-order valence-corrected chi connectivity index (χ2v) is 4.41. The zero-order valence-corrected chi connectivity index (χ0v) is 11.1. The van der Waals surface area contributed by atoms with Gasteiger partial charge in [0.15, 0.2) is 0 Å². The SMILES string of the molecule is COc1[c]cc2c(-c3cccc(F)c3)nn(C(N)=O)c2c1. The van der Waals surface area contributed by atoms with E-state index in [1.807, 2.05) is 0 Å². The van der Waals surface area contributed by atoms with E-state index in [-0.39, 0.29) is 5.82 Å². The molecule has 0 spiro atoms. The first-order valence-corrected chi connectivity index (χ1v) is 6.14. The van der Waals surface area contributed by atoms with Gasteiger partial charge in [-0.25, -0.2) is 9.18 Å². The highest BCUT2D eigenvalue weighted by Gasteiger charge is 2.16. The van der Waals surface area contributed by atoms with Crippen LogP contribution in [0.15, 0.2) is 36.4 Å². The van der Waals surface area contributed by atoms with Crippen molar-refractivity contribution in [3.05, 3.63) is 48.3 Å². The Balaban J connectivity index is 2.31. The fraction of sp³-hybridized carbons (Fsp3) is 0.0667. The Kier molecular flexibility index (Phi) is 3.06. The van der Waals surface area contributed by atoms with Gasteiger partial charge in [0, 0.05) is 23.1 Å². The normalized spacial score (nSPS) is 10.8. The van der Waals surface area contributed by atoms with Crippen LogP contribution in [-0.4, -0.2) is 22.9 Å². The third-order valence-electron chi connectivity index (χ3n) is 3.11. The number of carbonyl (C=O) groups excluding carboxylic acids is 1. The number of primary amides is 1. The first-order valence-electron chi connectivity index (χ1n) is 6.14. The summed E-state index contributed by atoms with van der Waals surface area (Å²) in [6.45, 7) is 0. The predicted octanol–water partition coefficient (Wildman–Crippen LogP) is 2.58. The molecule has 3 aromatic rings. The van der Waals surface area contributed by atoms with E-state index < -0.39 is 6.03 Å². The topological polar surface area (TPSA) is 70.1 Å². The molecule has 2 aromatic carbocycles. The standard InChI is InChI=1S/C15H11FN3O2/c1-21-11-5-6-12-13(8-11)19(15(17)20)18-14(12)9-3-2-4-10(16)7-9/h2-4,6-8H,1H3,(H2,17,20). The Morgan fingerprint density at radius 2 is 2.24 bits per heavy atom. The molecule has 21 heavy (non-hydrogen) atoms. The molecular weight excluding hydrogens is 273 g/mol. The predicted molar refractivity (Wildman–Crippen MR) is 75.5 cm³/mol. The molecule has 0 bridgehead atoms. The number of nitrogens with two attached hydrogens (primary N) is 1. The molecular formula is C15H11FN3O2. The molecule has 0 fully saturated rings. The first-order chi connectivity index (χ1) is 10.1. The van der Waals surface area contributed by atoms with Crippen LogP contribution in [0.1, 0.15) is 0 Å². The maximum atomic E-state index is 13.4. The summed E-state index contributed by atoms with van der Waals surface area (Å²) in [4.78, 5) is 11.5. The molecule has 0 aliphatic rings. The van der Waals surface area contributed by atoms with Gasteiger partial charge < -0.3 is 10.5 Å². The van der Waals surface area contributed by atoms with Crippen LogP contribution < -0.4 is 10.5 Å². The lowest BCUT2D eigenvalue weighted by molar-refractivity contribution is 0.248. The highest BCUT2D eigenvalue weighted by molar-refractivity contribution is 5.98. The lowest BCUT2D eigenvalue weighted by Gasteiger charge is -2.00. The third-order valence-corrected chi connectivity index (χ3v) is 3.11. The van der Waals surface area contributed by atoms with Gasteiger partial charge in [0.25, 0.3) is 0 Å². The van der Waals surface area contributed by atoms with E-state index in [0.717, 1.165) is 4.68 Å². The lowest BCUT2D eigenvalue weighted by atomic mass is 10.1. The van der Waals surface area contributed by atoms with E-state index in [4.69, 9.17) is 10.5 Å². The third kappa shape index (κ3) is 2.20. The maximum absolute atomic E-state index is 13.4. The number of hydrogen-bond donors (Lipinski definition) is 1. The Labute approximate surface area is 119 Å². The van der Waals surface area contributed by atoms with Crippen LogP contribution in [0.2, 0.25) is 0 Å². The molecule has 0 aliphatic carbocycles. The van der Waals surface area contributed by atoms with Crippen LogP contribution in [0.3, 0.4) is 0 Å². The molecule has 6 heteroatoms. The van der Waals surface area contributed by atoms with Crippen molar-refractivity contribution >= 4 is 16.9 Å². The number of halogens is 1. The molecule has 0 unspecified atom stereocenters. The Hall–Kier alpha value is -2.89. The van der Waals surface area contributed by atoms with Gasteiger partial charge in [0.2, 0.25) is 0 Å². The van der Waals surface area contributed by atoms with Crippen LogP contribution in [-0.2, 0) is 0 Å². The molecule has 3 rings (SSSR count). The lowest BCUT2D eigenvalue weighted by Crippen LogP contribution is -2.20. The fourth-order valence-corrected chi connectivity index (χ4v) is 2.17. The van der Waals surface area contributed by atoms with Gasteiger partial charge >= 0.3 is 6.03 Å². The molecule has 0 saturated carbocycles. The first kappa shape index (κ1) is 13.1. The summed E-state index contributed by atoms with van der Waals surface area (Å²) in [6, 6.07) is 11.4. The number of nitrogens with zero attached hydrogens (tertiary/aromatic N) is 2. The van der Waals surface area contributed by atoms with E-state index in [1.165, 1.54) is 19.2 Å². The number of rotatable bonds is 2. The Morgan fingerprint density at radius 3 is 2.90 bits per heavy atom. The minimum absolute atomic E-state index is 0.383. The summed E-state index contributed by atoms with van der Waals surface area (Å²) >= 11 is 0. The number of fused-ring (bicyclic) bond motifs is 1. The number of hydrogen-bond acceptors (Lipinski definition) is 3. The molecule has 0 aliphatic heterocycles. The van der Waals surface area contributed by atoms with Crippen molar-refractivity contribution in [3.8, 4) is 17.0 Å². The molecule has 1 aromatic heterocycles. The van der Waals surface area contributed by atoms with E-state index in [9.17, 15) is 9.18 Å². The maximum Gasteiger partial charge on any atom is 0.340 e. The largest absolute Gasteiger partial charge is 0.496 e.